The van der Waals surface area contributed by atoms with E-state index in [-0.39, 0.29) is 11.8 Å². The van der Waals surface area contributed by atoms with Crippen LogP contribution in [-0.2, 0) is 9.59 Å². The van der Waals surface area contributed by atoms with E-state index in [2.05, 4.69) is 24.3 Å². The highest BCUT2D eigenvalue weighted by atomic mass is 16.2. The third-order valence-electron chi connectivity index (χ3n) is 4.07. The second kappa shape index (κ2) is 6.34. The largest absolute Gasteiger partial charge is 0.334 e. The summed E-state index contributed by atoms with van der Waals surface area (Å²) >= 11 is 0. The lowest BCUT2D eigenvalue weighted by Crippen LogP contribution is -2.54. The van der Waals surface area contributed by atoms with Gasteiger partial charge in [-0.2, -0.15) is 0 Å². The summed E-state index contributed by atoms with van der Waals surface area (Å²) in [5.74, 6) is -0.649. The first-order valence-electron chi connectivity index (χ1n) is 7.05. The minimum Gasteiger partial charge on any atom is -0.334 e. The number of nitrogens with zero attached hydrogens (tertiary/aromatic N) is 3. The zero-order valence-corrected chi connectivity index (χ0v) is 11.9. The Morgan fingerprint density at radius 2 is 1.42 bits per heavy atom. The Hall–Kier alpha value is -1.14. The van der Waals surface area contributed by atoms with Crippen molar-refractivity contribution in [3.05, 3.63) is 0 Å². The number of hydrogen-bond donors (Lipinski definition) is 1. The Kier molecular flexibility index (Phi) is 4.76. The molecular weight excluding hydrogens is 244 g/mol. The molecule has 2 saturated heterocycles. The van der Waals surface area contributed by atoms with E-state index in [0.29, 0.717) is 32.2 Å². The Bertz CT molecular complexity index is 332. The average molecular weight is 268 g/mol. The molecule has 6 nitrogen and oxygen atoms in total. The number of carbonyl (C=O) groups excluding carboxylic acids is 2. The fourth-order valence-electron chi connectivity index (χ4n) is 2.72. The van der Waals surface area contributed by atoms with Crippen LogP contribution in [0.15, 0.2) is 0 Å². The highest BCUT2D eigenvalue weighted by Crippen LogP contribution is 2.14. The second-order valence-electron chi connectivity index (χ2n) is 5.53. The highest BCUT2D eigenvalue weighted by Gasteiger charge is 2.30. The molecule has 2 rings (SSSR count). The first kappa shape index (κ1) is 14.3. The van der Waals surface area contributed by atoms with Gasteiger partial charge in [0.15, 0.2) is 0 Å². The van der Waals surface area contributed by atoms with Gasteiger partial charge in [-0.15, -0.1) is 0 Å². The highest BCUT2D eigenvalue weighted by molar-refractivity contribution is 6.34. The van der Waals surface area contributed by atoms with E-state index in [1.54, 1.807) is 9.80 Å². The fraction of sp³-hybridized carbons (Fsp3) is 0.846. The van der Waals surface area contributed by atoms with Crippen LogP contribution >= 0.6 is 0 Å². The number of hydrogen-bond acceptors (Lipinski definition) is 4. The van der Waals surface area contributed by atoms with Gasteiger partial charge in [0.2, 0.25) is 0 Å². The third-order valence-corrected chi connectivity index (χ3v) is 4.07. The smallest absolute Gasteiger partial charge is 0.312 e. The van der Waals surface area contributed by atoms with Crippen LogP contribution in [-0.4, -0.2) is 85.9 Å². The summed E-state index contributed by atoms with van der Waals surface area (Å²) in [6.07, 6.45) is 1.90. The first-order chi connectivity index (χ1) is 9.09. The van der Waals surface area contributed by atoms with Gasteiger partial charge in [0.1, 0.15) is 0 Å². The van der Waals surface area contributed by atoms with Gasteiger partial charge in [-0.1, -0.05) is 0 Å². The molecule has 2 aliphatic heterocycles. The molecule has 1 N–H and O–H groups in total. The summed E-state index contributed by atoms with van der Waals surface area (Å²) in [6, 6.07) is 0.526. The van der Waals surface area contributed by atoms with E-state index < -0.39 is 0 Å². The van der Waals surface area contributed by atoms with Crippen LogP contribution in [0.5, 0.6) is 0 Å². The average Bonchev–Trinajstić information content (AvgIpc) is 2.46. The summed E-state index contributed by atoms with van der Waals surface area (Å²) < 4.78 is 0. The minimum atomic E-state index is -0.329. The van der Waals surface area contributed by atoms with E-state index >= 15 is 0 Å². The molecule has 0 aromatic carbocycles. The molecule has 0 aromatic rings. The summed E-state index contributed by atoms with van der Waals surface area (Å²) in [7, 11) is 4.13. The van der Waals surface area contributed by atoms with E-state index in [1.807, 2.05) is 0 Å². The molecule has 0 bridgehead atoms. The SMILES string of the molecule is CN(C)C1CCN(C(=O)C(=O)N2CCNCC2)CC1. The normalized spacial score (nSPS) is 21.8. The molecule has 2 heterocycles. The summed E-state index contributed by atoms with van der Waals surface area (Å²) in [5, 5.41) is 3.18. The van der Waals surface area contributed by atoms with Crippen LogP contribution in [0.2, 0.25) is 0 Å². The number of amides is 2. The Morgan fingerprint density at radius 3 is 1.89 bits per heavy atom. The lowest BCUT2D eigenvalue weighted by molar-refractivity contribution is -0.153. The lowest BCUT2D eigenvalue weighted by atomic mass is 10.0. The van der Waals surface area contributed by atoms with Crippen LogP contribution in [0.3, 0.4) is 0 Å². The van der Waals surface area contributed by atoms with Gasteiger partial charge in [-0.25, -0.2) is 0 Å². The number of nitrogens with one attached hydrogen (secondary N) is 1. The van der Waals surface area contributed by atoms with Gasteiger partial charge in [-0.05, 0) is 26.9 Å². The monoisotopic (exact) mass is 268 g/mol. The van der Waals surface area contributed by atoms with Gasteiger partial charge in [-0.3, -0.25) is 9.59 Å². The molecule has 0 unspecified atom stereocenters. The number of likely N-dealkylation sites (tertiary alicyclic amines) is 1. The number of carbonyl (C=O) groups is 2. The minimum absolute atomic E-state index is 0.320. The second-order valence-corrected chi connectivity index (χ2v) is 5.53. The molecule has 2 fully saturated rings. The molecule has 0 aromatic heterocycles. The molecule has 108 valence electrons. The third kappa shape index (κ3) is 3.45. The van der Waals surface area contributed by atoms with Gasteiger partial charge in [0, 0.05) is 45.3 Å². The predicted molar refractivity (Wildman–Crippen MR) is 72.7 cm³/mol. The van der Waals surface area contributed by atoms with Gasteiger partial charge in [0.25, 0.3) is 0 Å². The molecule has 0 atom stereocenters. The van der Waals surface area contributed by atoms with Gasteiger partial charge < -0.3 is 20.0 Å². The maximum absolute atomic E-state index is 12.2. The van der Waals surface area contributed by atoms with Crippen LogP contribution < -0.4 is 5.32 Å². The predicted octanol–water partition coefficient (Wildman–Crippen LogP) is -1.03. The summed E-state index contributed by atoms with van der Waals surface area (Å²) in [5.41, 5.74) is 0. The van der Waals surface area contributed by atoms with Crippen molar-refractivity contribution in [3.63, 3.8) is 0 Å². The van der Waals surface area contributed by atoms with Crippen molar-refractivity contribution < 1.29 is 9.59 Å². The molecule has 6 heteroatoms. The number of piperidine rings is 1. The zero-order valence-electron chi connectivity index (χ0n) is 11.9. The molecule has 0 spiro atoms. The fourth-order valence-corrected chi connectivity index (χ4v) is 2.72. The van der Waals surface area contributed by atoms with Gasteiger partial charge in [0.05, 0.1) is 0 Å². The molecular formula is C13H24N4O2. The van der Waals surface area contributed by atoms with E-state index in [4.69, 9.17) is 0 Å². The van der Waals surface area contributed by atoms with Crippen molar-refractivity contribution in [3.8, 4) is 0 Å². The van der Waals surface area contributed by atoms with E-state index in [9.17, 15) is 9.59 Å². The van der Waals surface area contributed by atoms with Gasteiger partial charge >= 0.3 is 11.8 Å². The lowest BCUT2D eigenvalue weighted by Gasteiger charge is -2.36. The van der Waals surface area contributed by atoms with Crippen LogP contribution in [0.25, 0.3) is 0 Å². The van der Waals surface area contributed by atoms with Crippen LogP contribution in [0.4, 0.5) is 0 Å². The number of rotatable bonds is 1. The van der Waals surface area contributed by atoms with Crippen LogP contribution in [0.1, 0.15) is 12.8 Å². The Morgan fingerprint density at radius 1 is 0.947 bits per heavy atom. The molecule has 0 aliphatic carbocycles. The van der Waals surface area contributed by atoms with Crippen molar-refractivity contribution >= 4 is 11.8 Å². The zero-order chi connectivity index (χ0) is 13.8. The van der Waals surface area contributed by atoms with Crippen LogP contribution in [0, 0.1) is 0 Å². The Labute approximate surface area is 114 Å². The molecule has 0 saturated carbocycles. The molecule has 2 aliphatic rings. The van der Waals surface area contributed by atoms with Crippen molar-refractivity contribution in [2.45, 2.75) is 18.9 Å². The molecule has 0 radical (unpaired) electrons. The quantitative estimate of drug-likeness (QED) is 0.618. The summed E-state index contributed by atoms with van der Waals surface area (Å²) in [6.45, 7) is 4.22. The maximum atomic E-state index is 12.2. The van der Waals surface area contributed by atoms with Crippen molar-refractivity contribution in [2.75, 3.05) is 53.4 Å². The van der Waals surface area contributed by atoms with Crippen molar-refractivity contribution in [1.82, 2.24) is 20.0 Å². The molecule has 2 amide bonds. The first-order valence-corrected chi connectivity index (χ1v) is 7.05. The molecule has 19 heavy (non-hydrogen) atoms. The summed E-state index contributed by atoms with van der Waals surface area (Å²) in [4.78, 5) is 29.9. The Balaban J connectivity index is 1.85. The van der Waals surface area contributed by atoms with Crippen molar-refractivity contribution in [2.24, 2.45) is 0 Å². The van der Waals surface area contributed by atoms with E-state index in [0.717, 1.165) is 25.9 Å². The standard InChI is InChI=1S/C13H24N4O2/c1-15(2)11-3-7-16(8-4-11)12(18)13(19)17-9-5-14-6-10-17/h11,14H,3-10H2,1-2H3. The topological polar surface area (TPSA) is 55.9 Å². The maximum Gasteiger partial charge on any atom is 0.312 e. The number of piperazine rings is 1. The van der Waals surface area contributed by atoms with E-state index in [1.165, 1.54) is 0 Å². The van der Waals surface area contributed by atoms with Crippen molar-refractivity contribution in [1.29, 1.82) is 0 Å².